The molecule has 2 saturated heterocycles. The van der Waals surface area contributed by atoms with E-state index in [0.717, 1.165) is 25.2 Å². The summed E-state index contributed by atoms with van der Waals surface area (Å²) in [4.78, 5) is 22.9. The van der Waals surface area contributed by atoms with Crippen LogP contribution in [0.15, 0.2) is 0 Å². The fourth-order valence-corrected chi connectivity index (χ4v) is 5.88. The minimum atomic E-state index is -0.451. The number of hydrogen-bond acceptors (Lipinski definition) is 4. The molecule has 174 valence electrons. The molecule has 2 amide bonds. The predicted molar refractivity (Wildman–Crippen MR) is 121 cm³/mol. The van der Waals surface area contributed by atoms with Crippen molar-refractivity contribution in [3.05, 3.63) is 0 Å². The van der Waals surface area contributed by atoms with Crippen LogP contribution in [-0.4, -0.2) is 33.2 Å². The van der Waals surface area contributed by atoms with Crippen LogP contribution in [0.2, 0.25) is 0 Å². The molecule has 0 bridgehead atoms. The summed E-state index contributed by atoms with van der Waals surface area (Å²) in [5, 5.41) is 13.3. The minimum Gasteiger partial charge on any atom is -0.307 e. The molecule has 2 aliphatic heterocycles. The summed E-state index contributed by atoms with van der Waals surface area (Å²) in [5.74, 6) is -0.278. The van der Waals surface area contributed by atoms with Gasteiger partial charge < -0.3 is 5.32 Å². The van der Waals surface area contributed by atoms with Crippen LogP contribution < -0.4 is 5.32 Å². The molecule has 0 spiro atoms. The highest BCUT2D eigenvalue weighted by Gasteiger charge is 2.38. The molecule has 0 aromatic carbocycles. The van der Waals surface area contributed by atoms with Gasteiger partial charge in [-0.3, -0.25) is 14.8 Å². The first-order chi connectivity index (χ1) is 14.1. The largest absolute Gasteiger partial charge is 0.307 e. The average molecular weight is 423 g/mol. The van der Waals surface area contributed by atoms with E-state index in [1.807, 2.05) is 0 Å². The Bertz CT molecular complexity index is 543. The second-order valence-electron chi connectivity index (χ2n) is 11.2. The zero-order valence-corrected chi connectivity index (χ0v) is 20.0. The molecule has 5 nitrogen and oxygen atoms in total. The molecule has 5 heteroatoms. The van der Waals surface area contributed by atoms with Gasteiger partial charge in [0.25, 0.3) is 11.8 Å². The van der Waals surface area contributed by atoms with Crippen molar-refractivity contribution in [2.24, 2.45) is 11.8 Å². The molecule has 2 rings (SSSR count). The number of rotatable bonds is 13. The molecule has 1 atom stereocenters. The number of carbonyl (C=O) groups is 2. The standard InChI is InChI=1S/C25H46N2O3/c1-24(2)18-20(19-25(3,4)26-24)15-13-11-9-7-5-6-8-10-12-14-16-21-17-22(28)27(30)23(21)29/h20-21,26,30H,5-19H2,1-4H3. The van der Waals surface area contributed by atoms with Crippen LogP contribution in [0.25, 0.3) is 0 Å². The first kappa shape index (κ1) is 25.3. The van der Waals surface area contributed by atoms with Gasteiger partial charge in [-0.1, -0.05) is 70.6 Å². The monoisotopic (exact) mass is 422 g/mol. The lowest BCUT2D eigenvalue weighted by atomic mass is 9.74. The zero-order chi connectivity index (χ0) is 22.2. The number of hydrogen-bond donors (Lipinski definition) is 2. The molecule has 0 saturated carbocycles. The summed E-state index contributed by atoms with van der Waals surface area (Å²) in [6.45, 7) is 9.38. The minimum absolute atomic E-state index is 0.183. The van der Waals surface area contributed by atoms with Crippen LogP contribution in [0, 0.1) is 11.8 Å². The second kappa shape index (κ2) is 11.6. The number of hydroxylamine groups is 2. The Morgan fingerprint density at radius 2 is 1.23 bits per heavy atom. The Kier molecular flexibility index (Phi) is 9.80. The van der Waals surface area contributed by atoms with Crippen LogP contribution in [0.3, 0.4) is 0 Å². The predicted octanol–water partition coefficient (Wildman–Crippen LogP) is 5.99. The van der Waals surface area contributed by atoms with Gasteiger partial charge in [-0.2, -0.15) is 5.06 Å². The molecular weight excluding hydrogens is 376 g/mol. The van der Waals surface area contributed by atoms with E-state index in [9.17, 15) is 14.8 Å². The Morgan fingerprint density at radius 3 is 1.67 bits per heavy atom. The molecule has 2 aliphatic rings. The SMILES string of the molecule is CC1(C)CC(CCCCCCCCCCCCC2CC(=O)N(O)C2=O)CC(C)(C)N1. The lowest BCUT2D eigenvalue weighted by Gasteiger charge is -2.46. The van der Waals surface area contributed by atoms with E-state index in [4.69, 9.17) is 0 Å². The van der Waals surface area contributed by atoms with Crippen molar-refractivity contribution in [3.8, 4) is 0 Å². The number of carbonyl (C=O) groups excluding carboxylic acids is 2. The molecule has 30 heavy (non-hydrogen) atoms. The molecule has 0 aliphatic carbocycles. The van der Waals surface area contributed by atoms with Gasteiger partial charge in [0.2, 0.25) is 0 Å². The van der Waals surface area contributed by atoms with Crippen molar-refractivity contribution in [1.29, 1.82) is 0 Å². The van der Waals surface area contributed by atoms with Gasteiger partial charge in [0.05, 0.1) is 0 Å². The van der Waals surface area contributed by atoms with Gasteiger partial charge in [-0.05, 0) is 52.9 Å². The van der Waals surface area contributed by atoms with Crippen LogP contribution in [0.1, 0.15) is 124 Å². The highest BCUT2D eigenvalue weighted by molar-refractivity contribution is 6.02. The van der Waals surface area contributed by atoms with Gasteiger partial charge in [0.1, 0.15) is 0 Å². The molecule has 2 N–H and O–H groups in total. The average Bonchev–Trinajstić information content (AvgIpc) is 2.87. The number of amides is 2. The Balaban J connectivity index is 1.39. The Labute approximate surface area is 184 Å². The molecule has 0 aromatic rings. The smallest absolute Gasteiger partial charge is 0.256 e. The van der Waals surface area contributed by atoms with Crippen molar-refractivity contribution < 1.29 is 14.8 Å². The summed E-state index contributed by atoms with van der Waals surface area (Å²) >= 11 is 0. The summed E-state index contributed by atoms with van der Waals surface area (Å²) in [6.07, 6.45) is 17.6. The van der Waals surface area contributed by atoms with Gasteiger partial charge >= 0.3 is 0 Å². The lowest BCUT2D eigenvalue weighted by molar-refractivity contribution is -0.172. The van der Waals surface area contributed by atoms with Crippen molar-refractivity contribution in [3.63, 3.8) is 0 Å². The maximum atomic E-state index is 11.6. The summed E-state index contributed by atoms with van der Waals surface area (Å²) in [6, 6.07) is 0. The molecule has 0 aromatic heterocycles. The van der Waals surface area contributed by atoms with E-state index < -0.39 is 11.8 Å². The van der Waals surface area contributed by atoms with E-state index >= 15 is 0 Å². The number of imide groups is 1. The summed E-state index contributed by atoms with van der Waals surface area (Å²) in [7, 11) is 0. The highest BCUT2D eigenvalue weighted by Crippen LogP contribution is 2.35. The summed E-state index contributed by atoms with van der Waals surface area (Å²) in [5.41, 5.74) is 0.547. The quantitative estimate of drug-likeness (QED) is 0.217. The van der Waals surface area contributed by atoms with E-state index in [0.29, 0.717) is 5.06 Å². The number of nitrogens with one attached hydrogen (secondary N) is 1. The van der Waals surface area contributed by atoms with Crippen LogP contribution in [-0.2, 0) is 9.59 Å². The van der Waals surface area contributed by atoms with Gasteiger partial charge in [0.15, 0.2) is 0 Å². The normalized spacial score (nSPS) is 24.0. The molecule has 0 radical (unpaired) electrons. The van der Waals surface area contributed by atoms with E-state index in [-0.39, 0.29) is 23.4 Å². The maximum Gasteiger partial charge on any atom is 0.256 e. The van der Waals surface area contributed by atoms with Crippen molar-refractivity contribution in [1.82, 2.24) is 10.4 Å². The van der Waals surface area contributed by atoms with Gasteiger partial charge in [-0.25, -0.2) is 0 Å². The van der Waals surface area contributed by atoms with Crippen molar-refractivity contribution in [2.45, 2.75) is 135 Å². The Hall–Kier alpha value is -0.940. The number of unbranched alkanes of at least 4 members (excludes halogenated alkanes) is 9. The van der Waals surface area contributed by atoms with Crippen LogP contribution >= 0.6 is 0 Å². The third-order valence-corrected chi connectivity index (χ3v) is 6.90. The van der Waals surface area contributed by atoms with Crippen molar-refractivity contribution in [2.75, 3.05) is 0 Å². The molecule has 2 heterocycles. The van der Waals surface area contributed by atoms with E-state index in [2.05, 4.69) is 33.0 Å². The third kappa shape index (κ3) is 8.66. The van der Waals surface area contributed by atoms with E-state index in [1.165, 1.54) is 70.6 Å². The van der Waals surface area contributed by atoms with Gasteiger partial charge in [-0.15, -0.1) is 0 Å². The molecular formula is C25H46N2O3. The summed E-state index contributed by atoms with van der Waals surface area (Å²) < 4.78 is 0. The molecule has 2 fully saturated rings. The van der Waals surface area contributed by atoms with E-state index in [1.54, 1.807) is 0 Å². The highest BCUT2D eigenvalue weighted by atomic mass is 16.5. The number of piperidine rings is 1. The first-order valence-electron chi connectivity index (χ1n) is 12.4. The van der Waals surface area contributed by atoms with Gasteiger partial charge in [0, 0.05) is 23.4 Å². The van der Waals surface area contributed by atoms with Crippen molar-refractivity contribution >= 4 is 11.8 Å². The topological polar surface area (TPSA) is 69.6 Å². The third-order valence-electron chi connectivity index (χ3n) is 6.90. The fourth-order valence-electron chi connectivity index (χ4n) is 5.88. The Morgan fingerprint density at radius 1 is 0.800 bits per heavy atom. The maximum absolute atomic E-state index is 11.6. The fraction of sp³-hybridized carbons (Fsp3) is 0.920. The zero-order valence-electron chi connectivity index (χ0n) is 20.0. The number of nitrogens with zero attached hydrogens (tertiary/aromatic N) is 1. The van der Waals surface area contributed by atoms with Crippen LogP contribution in [0.4, 0.5) is 0 Å². The first-order valence-corrected chi connectivity index (χ1v) is 12.4. The second-order valence-corrected chi connectivity index (χ2v) is 11.2. The molecule has 1 unspecified atom stereocenters. The van der Waals surface area contributed by atoms with Crippen LogP contribution in [0.5, 0.6) is 0 Å². The lowest BCUT2D eigenvalue weighted by Crippen LogP contribution is -2.57.